The minimum atomic E-state index is 0. The first-order valence-electron chi connectivity index (χ1n) is 11.8. The molecule has 0 aliphatic heterocycles. The van der Waals surface area contributed by atoms with Gasteiger partial charge >= 0.3 is 50.3 Å². The van der Waals surface area contributed by atoms with Crippen LogP contribution in [0.2, 0.25) is 0 Å². The second-order valence-corrected chi connectivity index (χ2v) is 8.57. The number of imidazole rings is 4. The van der Waals surface area contributed by atoms with E-state index in [0.717, 1.165) is 26.2 Å². The van der Waals surface area contributed by atoms with E-state index in [-0.39, 0.29) is 73.6 Å². The van der Waals surface area contributed by atoms with E-state index in [0.29, 0.717) is 0 Å². The van der Waals surface area contributed by atoms with Crippen LogP contribution in [0.25, 0.3) is 12.3 Å². The predicted molar refractivity (Wildman–Crippen MR) is 156 cm³/mol. The molecular weight excluding hydrogens is 685 g/mol. The van der Waals surface area contributed by atoms with E-state index in [2.05, 4.69) is 86.7 Å². The van der Waals surface area contributed by atoms with Crippen molar-refractivity contribution in [1.29, 1.82) is 0 Å². The summed E-state index contributed by atoms with van der Waals surface area (Å²) in [6, 6.07) is 17.3. The molecule has 0 saturated carbocycles. The minimum Gasteiger partial charge on any atom is -0.693 e. The van der Waals surface area contributed by atoms with Gasteiger partial charge in [0, 0.05) is 75.8 Å². The molecule has 0 atom stereocenters. The van der Waals surface area contributed by atoms with E-state index >= 15 is 0 Å². The Labute approximate surface area is 282 Å². The van der Waals surface area contributed by atoms with Gasteiger partial charge in [0.05, 0.1) is 25.3 Å². The molecule has 12 nitrogen and oxygen atoms in total. The van der Waals surface area contributed by atoms with Gasteiger partial charge in [-0.2, -0.15) is 0 Å². The number of hydrogen-bond acceptors (Lipinski definition) is 4. The molecule has 0 saturated heterocycles. The number of aromatic nitrogens is 8. The normalized spacial score (nSPS) is 8.93. The summed E-state index contributed by atoms with van der Waals surface area (Å²) in [4.78, 5) is 16.2. The zero-order valence-corrected chi connectivity index (χ0v) is 26.2. The van der Waals surface area contributed by atoms with Crippen molar-refractivity contribution >= 4 is 0 Å². The molecule has 3 radical (unpaired) electrons. The van der Waals surface area contributed by atoms with E-state index in [4.69, 9.17) is 0 Å². The molecule has 0 amide bonds. The third-order valence-corrected chi connectivity index (χ3v) is 5.74. The van der Waals surface area contributed by atoms with Crippen molar-refractivity contribution in [2.24, 2.45) is 0 Å². The molecule has 2 aromatic carbocycles. The summed E-state index contributed by atoms with van der Waals surface area (Å²) in [5.74, 6) is 0. The van der Waals surface area contributed by atoms with E-state index in [9.17, 15) is 0 Å². The molecule has 233 valence electrons. The Morgan fingerprint density at radius 1 is 0.372 bits per heavy atom. The second kappa shape index (κ2) is 23.1. The molecule has 6 rings (SSSR count). The Bertz CT molecular complexity index is 1190. The number of nitrogens with two attached hydrogens (primary N) is 2. The zero-order chi connectivity index (χ0) is 24.4. The Kier molecular flexibility index (Phi) is 23.7. The molecule has 0 spiro atoms. The van der Waals surface area contributed by atoms with Crippen LogP contribution in [-0.2, 0) is 76.5 Å². The summed E-state index contributed by atoms with van der Waals surface area (Å²) in [5.41, 5.74) is 5.12. The number of benzene rings is 2. The van der Waals surface area contributed by atoms with Crippen LogP contribution in [0.4, 0.5) is 0 Å². The number of rotatable bonds is 8. The van der Waals surface area contributed by atoms with Crippen molar-refractivity contribution in [1.82, 2.24) is 38.2 Å². The summed E-state index contributed by atoms with van der Waals surface area (Å²) < 4.78 is 8.24. The van der Waals surface area contributed by atoms with E-state index in [1.54, 1.807) is 24.8 Å². The summed E-state index contributed by atoms with van der Waals surface area (Å²) in [6.45, 7) is 3.47. The van der Waals surface area contributed by atoms with Crippen molar-refractivity contribution in [2.75, 3.05) is 0 Å². The van der Waals surface area contributed by atoms with Crippen molar-refractivity contribution in [3.63, 3.8) is 0 Å². The average molecular weight is 721 g/mol. The SMILES string of the molecule is O.O.[Co+2].[Co+2].[Co+2].[NH2-].[NH2-].c1cn(Cc2ccc(Cn3ccnc3)cc2)cn1.c1cn(Cc2ccc(Cn3ccnc3)cc2)cn1. The van der Waals surface area contributed by atoms with Crippen LogP contribution in [0.15, 0.2) is 123 Å². The predicted octanol–water partition coefficient (Wildman–Crippen LogP) is 4.13. The van der Waals surface area contributed by atoms with Gasteiger partial charge < -0.3 is 41.5 Å². The van der Waals surface area contributed by atoms with Gasteiger partial charge in [0.25, 0.3) is 0 Å². The Balaban J connectivity index is -0.000000640. The summed E-state index contributed by atoms with van der Waals surface area (Å²) >= 11 is 0. The fourth-order valence-corrected chi connectivity index (χ4v) is 3.86. The van der Waals surface area contributed by atoms with Crippen LogP contribution in [0.5, 0.6) is 0 Å². The topological polar surface area (TPSA) is 201 Å². The molecule has 15 heteroatoms. The van der Waals surface area contributed by atoms with Gasteiger partial charge in [-0.15, -0.1) is 0 Å². The van der Waals surface area contributed by atoms with Gasteiger partial charge in [-0.1, -0.05) is 48.5 Å². The summed E-state index contributed by atoms with van der Waals surface area (Å²) in [7, 11) is 0. The van der Waals surface area contributed by atoms with Gasteiger partial charge in [-0.05, 0) is 22.3 Å². The quantitative estimate of drug-likeness (QED) is 0.228. The Hall–Kier alpha value is -3.36. The van der Waals surface area contributed by atoms with Gasteiger partial charge in [-0.3, -0.25) is 0 Å². The van der Waals surface area contributed by atoms with Crippen LogP contribution in [-0.4, -0.2) is 49.2 Å². The van der Waals surface area contributed by atoms with Crippen molar-refractivity contribution in [3.05, 3.63) is 158 Å². The molecule has 0 unspecified atom stereocenters. The van der Waals surface area contributed by atoms with Gasteiger partial charge in [0.1, 0.15) is 0 Å². The first-order valence-corrected chi connectivity index (χ1v) is 11.8. The monoisotopic (exact) mass is 721 g/mol. The van der Waals surface area contributed by atoms with E-state index in [1.165, 1.54) is 22.3 Å². The molecular formula is C28H36Co3N10O2+4. The van der Waals surface area contributed by atoms with E-state index in [1.807, 2.05) is 50.1 Å². The molecule has 0 aliphatic rings. The maximum atomic E-state index is 4.04. The molecule has 0 bridgehead atoms. The first kappa shape index (κ1) is 44.1. The fourth-order valence-electron chi connectivity index (χ4n) is 3.86. The van der Waals surface area contributed by atoms with Crippen LogP contribution < -0.4 is 0 Å². The number of hydrogen-bond donors (Lipinski definition) is 0. The second-order valence-electron chi connectivity index (χ2n) is 8.57. The summed E-state index contributed by atoms with van der Waals surface area (Å²) in [6.07, 6.45) is 22.4. The van der Waals surface area contributed by atoms with Crippen LogP contribution in [0.3, 0.4) is 0 Å². The maximum Gasteiger partial charge on any atom is 2.00 e. The summed E-state index contributed by atoms with van der Waals surface area (Å²) in [5, 5.41) is 0. The van der Waals surface area contributed by atoms with Gasteiger partial charge in [0.2, 0.25) is 0 Å². The molecule has 4 aromatic heterocycles. The molecule has 6 aromatic rings. The maximum absolute atomic E-state index is 4.04. The van der Waals surface area contributed by atoms with Crippen LogP contribution >= 0.6 is 0 Å². The minimum absolute atomic E-state index is 0. The molecule has 8 N–H and O–H groups in total. The average Bonchev–Trinajstić information content (AvgIpc) is 3.72. The van der Waals surface area contributed by atoms with Crippen LogP contribution in [0.1, 0.15) is 22.3 Å². The molecule has 0 fully saturated rings. The smallest absolute Gasteiger partial charge is 0.693 e. The third-order valence-electron chi connectivity index (χ3n) is 5.74. The standard InChI is InChI=1S/2C14H14N4.3Co.2H2N.2H2O/c2*1-2-14(10-18-8-6-16-12-18)4-3-13(1)9-17-7-5-15-11-17;;;;;;;/h2*1-8,11-12H,9-10H2;;;;4*1H2/q;;3*+2;2*-1;;. The van der Waals surface area contributed by atoms with Gasteiger partial charge in [0.15, 0.2) is 0 Å². The third kappa shape index (κ3) is 14.1. The largest absolute Gasteiger partial charge is 2.00 e. The van der Waals surface area contributed by atoms with Gasteiger partial charge in [-0.25, -0.2) is 19.9 Å². The molecule has 4 heterocycles. The molecule has 0 aliphatic carbocycles. The van der Waals surface area contributed by atoms with Crippen LogP contribution in [0, 0.1) is 0 Å². The molecule has 43 heavy (non-hydrogen) atoms. The number of nitrogens with zero attached hydrogens (tertiary/aromatic N) is 8. The van der Waals surface area contributed by atoms with Crippen molar-refractivity contribution < 1.29 is 61.3 Å². The van der Waals surface area contributed by atoms with Crippen molar-refractivity contribution in [3.8, 4) is 0 Å². The first-order chi connectivity index (χ1) is 17.8. The Morgan fingerprint density at radius 2 is 0.558 bits per heavy atom. The zero-order valence-electron chi connectivity index (χ0n) is 23.1. The van der Waals surface area contributed by atoms with Crippen molar-refractivity contribution in [2.45, 2.75) is 26.2 Å². The Morgan fingerprint density at radius 3 is 0.698 bits per heavy atom. The fraction of sp³-hybridized carbons (Fsp3) is 0.143. The van der Waals surface area contributed by atoms with E-state index < -0.39 is 0 Å².